The van der Waals surface area contributed by atoms with Crippen molar-refractivity contribution in [2.75, 3.05) is 32.0 Å². The van der Waals surface area contributed by atoms with Gasteiger partial charge in [-0.2, -0.15) is 0 Å². The quantitative estimate of drug-likeness (QED) is 0.605. The summed E-state index contributed by atoms with van der Waals surface area (Å²) in [6.45, 7) is 0.554. The fraction of sp³-hybridized carbons (Fsp3) is 0.190. The Morgan fingerprint density at radius 1 is 0.966 bits per heavy atom. The van der Waals surface area contributed by atoms with E-state index >= 15 is 0 Å². The first kappa shape index (κ1) is 19.9. The van der Waals surface area contributed by atoms with Crippen LogP contribution in [-0.2, 0) is 6.54 Å². The molecule has 0 saturated carbocycles. The van der Waals surface area contributed by atoms with Crippen LogP contribution >= 0.6 is 0 Å². The lowest BCUT2D eigenvalue weighted by Crippen LogP contribution is -2.15. The molecule has 0 unspecified atom stereocenters. The molecule has 0 aliphatic carbocycles. The van der Waals surface area contributed by atoms with Crippen molar-refractivity contribution in [1.29, 1.82) is 0 Å². The summed E-state index contributed by atoms with van der Waals surface area (Å²) >= 11 is 0. The van der Waals surface area contributed by atoms with Gasteiger partial charge in [-0.3, -0.25) is 4.79 Å². The molecule has 0 fully saturated rings. The van der Waals surface area contributed by atoms with E-state index in [1.165, 1.54) is 27.5 Å². The summed E-state index contributed by atoms with van der Waals surface area (Å²) in [6, 6.07) is 14.7. The molecule has 0 aliphatic rings. The zero-order valence-electron chi connectivity index (χ0n) is 16.4. The maximum Gasteiger partial charge on any atom is 0.274 e. The Hall–Kier alpha value is -3.81. The van der Waals surface area contributed by atoms with E-state index in [2.05, 4.69) is 20.6 Å². The van der Waals surface area contributed by atoms with Gasteiger partial charge in [-0.1, -0.05) is 30.3 Å². The number of carbonyl (C=O) groups excluding carboxylic acids is 1. The third-order valence-corrected chi connectivity index (χ3v) is 4.10. The number of nitrogens with zero attached hydrogens (tertiary/aromatic N) is 2. The van der Waals surface area contributed by atoms with Gasteiger partial charge in [0, 0.05) is 30.6 Å². The van der Waals surface area contributed by atoms with Gasteiger partial charge in [-0.05, 0) is 11.6 Å². The summed E-state index contributed by atoms with van der Waals surface area (Å²) in [7, 11) is 4.54. The predicted molar refractivity (Wildman–Crippen MR) is 110 cm³/mol. The van der Waals surface area contributed by atoms with Crippen molar-refractivity contribution >= 4 is 17.5 Å². The number of carbonyl (C=O) groups is 1. The molecule has 150 valence electrons. The Morgan fingerprint density at radius 2 is 1.66 bits per heavy atom. The van der Waals surface area contributed by atoms with Crippen LogP contribution in [0.15, 0.2) is 54.7 Å². The smallest absolute Gasteiger partial charge is 0.274 e. The van der Waals surface area contributed by atoms with E-state index in [-0.39, 0.29) is 11.6 Å². The van der Waals surface area contributed by atoms with Crippen LogP contribution in [0.2, 0.25) is 0 Å². The second-order valence-corrected chi connectivity index (χ2v) is 5.97. The summed E-state index contributed by atoms with van der Waals surface area (Å²) in [5.41, 5.74) is 1.80. The molecule has 0 aliphatic heterocycles. The Kier molecular flexibility index (Phi) is 6.47. The number of hydrogen-bond donors (Lipinski definition) is 2. The fourth-order valence-corrected chi connectivity index (χ4v) is 2.70. The molecule has 0 atom stereocenters. The van der Waals surface area contributed by atoms with Gasteiger partial charge in [-0.15, -0.1) is 0 Å². The highest BCUT2D eigenvalue weighted by atomic mass is 16.5. The van der Waals surface area contributed by atoms with Crippen molar-refractivity contribution < 1.29 is 19.0 Å². The molecule has 0 bridgehead atoms. The van der Waals surface area contributed by atoms with Crippen LogP contribution in [-0.4, -0.2) is 37.2 Å². The third-order valence-electron chi connectivity index (χ3n) is 4.10. The predicted octanol–water partition coefficient (Wildman–Crippen LogP) is 3.37. The largest absolute Gasteiger partial charge is 0.493 e. The van der Waals surface area contributed by atoms with Gasteiger partial charge < -0.3 is 24.8 Å². The van der Waals surface area contributed by atoms with Crippen molar-refractivity contribution in [2.45, 2.75) is 6.54 Å². The van der Waals surface area contributed by atoms with E-state index in [1.54, 1.807) is 18.2 Å². The lowest BCUT2D eigenvalue weighted by molar-refractivity contribution is 0.102. The van der Waals surface area contributed by atoms with Crippen LogP contribution in [0.25, 0.3) is 0 Å². The highest BCUT2D eigenvalue weighted by Crippen LogP contribution is 2.39. The van der Waals surface area contributed by atoms with E-state index < -0.39 is 0 Å². The Morgan fingerprint density at radius 3 is 2.28 bits per heavy atom. The van der Waals surface area contributed by atoms with Gasteiger partial charge in [0.25, 0.3) is 5.91 Å². The highest BCUT2D eigenvalue weighted by Gasteiger charge is 2.16. The molecular formula is C21H22N4O4. The molecule has 8 heteroatoms. The van der Waals surface area contributed by atoms with Gasteiger partial charge in [-0.25, -0.2) is 9.97 Å². The zero-order chi connectivity index (χ0) is 20.6. The number of ether oxygens (including phenoxy) is 3. The Labute approximate surface area is 168 Å². The van der Waals surface area contributed by atoms with Crippen molar-refractivity contribution in [3.63, 3.8) is 0 Å². The van der Waals surface area contributed by atoms with E-state index in [9.17, 15) is 4.79 Å². The number of amides is 1. The molecule has 2 N–H and O–H groups in total. The van der Waals surface area contributed by atoms with E-state index in [0.29, 0.717) is 35.4 Å². The lowest BCUT2D eigenvalue weighted by Gasteiger charge is -2.14. The van der Waals surface area contributed by atoms with Crippen molar-refractivity contribution in [3.8, 4) is 17.2 Å². The molecule has 1 aromatic heterocycles. The molecule has 2 aromatic carbocycles. The minimum Gasteiger partial charge on any atom is -0.493 e. The Bertz CT molecular complexity index is 954. The van der Waals surface area contributed by atoms with Crippen LogP contribution in [0.4, 0.5) is 11.6 Å². The van der Waals surface area contributed by atoms with Crippen molar-refractivity contribution in [3.05, 3.63) is 66.0 Å². The second-order valence-electron chi connectivity index (χ2n) is 5.97. The summed E-state index contributed by atoms with van der Waals surface area (Å²) in [4.78, 5) is 21.1. The number of hydrogen-bond acceptors (Lipinski definition) is 7. The van der Waals surface area contributed by atoms with Crippen LogP contribution in [0.3, 0.4) is 0 Å². The topological polar surface area (TPSA) is 94.6 Å². The molecule has 3 aromatic rings. The van der Waals surface area contributed by atoms with Gasteiger partial charge in [0.15, 0.2) is 11.5 Å². The molecule has 29 heavy (non-hydrogen) atoms. The average Bonchev–Trinajstić information content (AvgIpc) is 2.77. The number of rotatable bonds is 8. The Balaban J connectivity index is 1.74. The first-order valence-corrected chi connectivity index (χ1v) is 8.86. The first-order valence-electron chi connectivity index (χ1n) is 8.86. The number of benzene rings is 2. The minimum atomic E-state index is -0.385. The van der Waals surface area contributed by atoms with Crippen molar-refractivity contribution in [2.24, 2.45) is 0 Å². The molecule has 0 saturated heterocycles. The zero-order valence-corrected chi connectivity index (χ0v) is 16.4. The standard InChI is InChI=1S/C21H22N4O4/c1-27-17-11-15(12-18(28-2)19(17)29-3)24-20(26)16-9-10-22-21(25-16)23-13-14-7-5-4-6-8-14/h4-12H,13H2,1-3H3,(H,24,26)(H,22,23,25). The fourth-order valence-electron chi connectivity index (χ4n) is 2.70. The van der Waals surface area contributed by atoms with Crippen LogP contribution < -0.4 is 24.8 Å². The van der Waals surface area contributed by atoms with Crippen LogP contribution in [0, 0.1) is 0 Å². The SMILES string of the molecule is COc1cc(NC(=O)c2ccnc(NCc3ccccc3)n2)cc(OC)c1OC. The van der Waals surface area contributed by atoms with Gasteiger partial charge in [0.05, 0.1) is 21.3 Å². The normalized spacial score (nSPS) is 10.2. The number of aromatic nitrogens is 2. The third kappa shape index (κ3) is 4.92. The van der Waals surface area contributed by atoms with Gasteiger partial charge >= 0.3 is 0 Å². The monoisotopic (exact) mass is 394 g/mol. The van der Waals surface area contributed by atoms with E-state index in [0.717, 1.165) is 5.56 Å². The summed E-state index contributed by atoms with van der Waals surface area (Å²) in [6.07, 6.45) is 1.53. The summed E-state index contributed by atoms with van der Waals surface area (Å²) in [5.74, 6) is 1.31. The van der Waals surface area contributed by atoms with Crippen LogP contribution in [0.1, 0.15) is 16.1 Å². The van der Waals surface area contributed by atoms with E-state index in [1.807, 2.05) is 30.3 Å². The number of methoxy groups -OCH3 is 3. The minimum absolute atomic E-state index is 0.226. The maximum atomic E-state index is 12.7. The number of anilines is 2. The van der Waals surface area contributed by atoms with Crippen LogP contribution in [0.5, 0.6) is 17.2 Å². The first-order chi connectivity index (χ1) is 14.1. The molecule has 0 spiro atoms. The molecular weight excluding hydrogens is 372 g/mol. The molecule has 0 radical (unpaired) electrons. The lowest BCUT2D eigenvalue weighted by atomic mass is 10.2. The molecule has 3 rings (SSSR count). The molecule has 1 amide bonds. The van der Waals surface area contributed by atoms with Gasteiger partial charge in [0.1, 0.15) is 5.69 Å². The van der Waals surface area contributed by atoms with Crippen molar-refractivity contribution in [1.82, 2.24) is 9.97 Å². The number of nitrogens with one attached hydrogen (secondary N) is 2. The second kappa shape index (κ2) is 9.41. The summed E-state index contributed by atoms with van der Waals surface area (Å²) < 4.78 is 15.9. The molecule has 1 heterocycles. The van der Waals surface area contributed by atoms with Gasteiger partial charge in [0.2, 0.25) is 11.7 Å². The highest BCUT2D eigenvalue weighted by molar-refractivity contribution is 6.03. The maximum absolute atomic E-state index is 12.7. The average molecular weight is 394 g/mol. The molecule has 8 nitrogen and oxygen atoms in total. The van der Waals surface area contributed by atoms with E-state index in [4.69, 9.17) is 14.2 Å². The summed E-state index contributed by atoms with van der Waals surface area (Å²) in [5, 5.41) is 5.90.